The van der Waals surface area contributed by atoms with E-state index in [1.165, 1.54) is 153 Å². The second-order valence-electron chi connectivity index (χ2n) is 22.5. The van der Waals surface area contributed by atoms with Crippen LogP contribution in [0.2, 0.25) is 0 Å². The zero-order chi connectivity index (χ0) is 55.5. The maximum atomic E-state index is 11.6. The zero-order valence-electron chi connectivity index (χ0n) is 46.7. The Hall–Kier alpha value is -7.41. The molecule has 3 saturated carbocycles. The molecule has 4 nitrogen and oxygen atoms in total. The van der Waals surface area contributed by atoms with Crippen LogP contribution in [0, 0.1) is 22.7 Å². The summed E-state index contributed by atoms with van der Waals surface area (Å²) in [6, 6.07) is 79.4. The van der Waals surface area contributed by atoms with Crippen LogP contribution in [0.15, 0.2) is 212 Å². The summed E-state index contributed by atoms with van der Waals surface area (Å²) in [6.07, 6.45) is 19.8. The number of hydrogen-bond acceptors (Lipinski definition) is 4. The van der Waals surface area contributed by atoms with Crippen LogP contribution in [-0.2, 0) is 32.8 Å². The van der Waals surface area contributed by atoms with Crippen molar-refractivity contribution in [2.75, 3.05) is 13.6 Å². The smallest absolute Gasteiger partial charge is 0.130 e. The van der Waals surface area contributed by atoms with Gasteiger partial charge < -0.3 is 10.1 Å². The van der Waals surface area contributed by atoms with Crippen LogP contribution in [0.25, 0.3) is 53.9 Å². The van der Waals surface area contributed by atoms with E-state index < -0.39 is 0 Å². The first-order valence-corrected chi connectivity index (χ1v) is 30.3. The van der Waals surface area contributed by atoms with E-state index in [1.54, 1.807) is 0 Å². The van der Waals surface area contributed by atoms with Crippen molar-refractivity contribution in [1.82, 2.24) is 5.32 Å². The number of nitrogens with zero attached hydrogens (tertiary/aromatic N) is 2. The van der Waals surface area contributed by atoms with E-state index in [-0.39, 0.29) is 10.8 Å². The van der Waals surface area contributed by atoms with Crippen molar-refractivity contribution in [3.63, 3.8) is 0 Å². The van der Waals surface area contributed by atoms with Crippen LogP contribution in [0.3, 0.4) is 0 Å². The summed E-state index contributed by atoms with van der Waals surface area (Å²) < 4.78 is 0. The summed E-state index contributed by atoms with van der Waals surface area (Å²) in [6.45, 7) is 1.10. The topological polar surface area (TPSA) is 76.7 Å². The second kappa shape index (κ2) is 28.1. The minimum Gasteiger partial charge on any atom is -0.319 e. The fourth-order valence-corrected chi connectivity index (χ4v) is 13.0. The molecule has 3 aliphatic rings. The Morgan fingerprint density at radius 3 is 1.23 bits per heavy atom. The molecule has 13 rings (SSSR count). The molecule has 0 atom stereocenters. The Balaban J connectivity index is 0.000000122. The van der Waals surface area contributed by atoms with Gasteiger partial charge in [0.1, 0.15) is 6.29 Å². The Morgan fingerprint density at radius 2 is 0.787 bits per heavy atom. The van der Waals surface area contributed by atoms with Gasteiger partial charge in [0.15, 0.2) is 0 Å². The van der Waals surface area contributed by atoms with Gasteiger partial charge in [0.2, 0.25) is 0 Å². The van der Waals surface area contributed by atoms with Crippen molar-refractivity contribution in [1.29, 1.82) is 10.5 Å². The van der Waals surface area contributed by atoms with E-state index in [4.69, 9.17) is 5.26 Å². The molecule has 0 heterocycles. The summed E-state index contributed by atoms with van der Waals surface area (Å²) in [4.78, 5) is 11.6. The molecule has 404 valence electrons. The lowest BCUT2D eigenvalue weighted by Gasteiger charge is -2.38. The maximum absolute atomic E-state index is 11.6. The number of carbonyl (C=O) groups excluding carboxylic acids is 1. The normalized spacial score (nSPS) is 15.9. The number of alkyl halides is 1. The molecule has 0 amide bonds. The molecule has 3 fully saturated rings. The van der Waals surface area contributed by atoms with Crippen molar-refractivity contribution >= 4 is 76.1 Å². The van der Waals surface area contributed by atoms with E-state index in [9.17, 15) is 10.1 Å². The first-order chi connectivity index (χ1) is 39.3. The number of nitriles is 2. The molecule has 0 bridgehead atoms. The van der Waals surface area contributed by atoms with Crippen molar-refractivity contribution < 1.29 is 4.79 Å². The number of nitrogens with one attached hydrogen (secondary N) is 1. The highest BCUT2D eigenvalue weighted by molar-refractivity contribution is 9.08. The van der Waals surface area contributed by atoms with Gasteiger partial charge in [-0.25, -0.2) is 0 Å². The molecule has 0 spiro atoms. The van der Waals surface area contributed by atoms with Gasteiger partial charge in [-0.2, -0.15) is 10.5 Å². The highest BCUT2D eigenvalue weighted by Gasteiger charge is 2.35. The molecule has 1 N–H and O–H groups in total. The SMILES string of the molecule is BrCc1ccc2ccccc2c1.CNCC1(c2ccc3ccccc3c2)CCCCC1.N#CC1(c2ccc3ccccc3c2)CCCCC1.N#CCc1ccc2ccccc2c1.O=CC1(c2ccc3ccccc3c2)CCCCC1. The molecule has 80 heavy (non-hydrogen) atoms. The largest absolute Gasteiger partial charge is 0.319 e. The van der Waals surface area contributed by atoms with Crippen molar-refractivity contribution in [3.05, 3.63) is 240 Å². The van der Waals surface area contributed by atoms with Crippen molar-refractivity contribution in [2.24, 2.45) is 0 Å². The predicted octanol–water partition coefficient (Wildman–Crippen LogP) is 19.7. The molecule has 0 unspecified atom stereocenters. The lowest BCUT2D eigenvalue weighted by atomic mass is 9.69. The van der Waals surface area contributed by atoms with Gasteiger partial charge in [0, 0.05) is 17.3 Å². The lowest BCUT2D eigenvalue weighted by molar-refractivity contribution is -0.113. The van der Waals surface area contributed by atoms with E-state index >= 15 is 0 Å². The van der Waals surface area contributed by atoms with Crippen molar-refractivity contribution in [2.45, 2.75) is 124 Å². The second-order valence-corrected chi connectivity index (χ2v) is 23.0. The molecule has 0 radical (unpaired) electrons. The number of benzene rings is 10. The molecular formula is C75H76BrN3O. The first kappa shape index (κ1) is 57.3. The number of halogens is 1. The fraction of sp³-hybridized carbons (Fsp3) is 0.293. The zero-order valence-corrected chi connectivity index (χ0v) is 48.3. The summed E-state index contributed by atoms with van der Waals surface area (Å²) in [5.41, 5.74) is 6.26. The summed E-state index contributed by atoms with van der Waals surface area (Å²) >= 11 is 3.44. The third kappa shape index (κ3) is 14.1. The standard InChI is InChI=1S/C18H23N.C17H17N.C17H18O.C12H9N.C11H9Br/c1-19-14-18(11-5-2-6-12-18)17-10-9-15-7-3-4-8-16(15)13-17;2*18-13-17(10-4-1-5-11-17)16-9-8-14-6-2-3-7-15(14)12-16;13-8-7-10-5-6-11-3-1-2-4-12(11)9-10;12-8-9-5-6-10-3-1-2-4-11(10)7-9/h3-4,7-10,13,19H,2,5-6,11-12,14H2,1H3;2-3,6-9,12H,1,4-5,10-11H2;2-3,6-9,12-13H,1,4-5,10-11H2;1-6,9H,7H2;1-7H,8H2. The van der Waals surface area contributed by atoms with Gasteiger partial charge in [-0.15, -0.1) is 0 Å². The third-order valence-corrected chi connectivity index (χ3v) is 17.9. The third-order valence-electron chi connectivity index (χ3n) is 17.3. The van der Waals surface area contributed by atoms with Gasteiger partial charge in [-0.3, -0.25) is 0 Å². The van der Waals surface area contributed by atoms with E-state index in [2.05, 4.69) is 235 Å². The Labute approximate surface area is 484 Å². The minimum atomic E-state index is -0.234. The predicted molar refractivity (Wildman–Crippen MR) is 342 cm³/mol. The van der Waals surface area contributed by atoms with Crippen LogP contribution in [0.1, 0.15) is 124 Å². The average molecular weight is 1120 g/mol. The Kier molecular flexibility index (Phi) is 20.1. The molecule has 0 saturated heterocycles. The summed E-state index contributed by atoms with van der Waals surface area (Å²) in [5.74, 6) is 0. The Bertz CT molecular complexity index is 3710. The van der Waals surface area contributed by atoms with Crippen LogP contribution in [0.5, 0.6) is 0 Å². The number of aldehydes is 1. The highest BCUT2D eigenvalue weighted by Crippen LogP contribution is 2.42. The minimum absolute atomic E-state index is 0.220. The van der Waals surface area contributed by atoms with Crippen LogP contribution in [-0.4, -0.2) is 19.9 Å². The molecule has 0 aromatic heterocycles. The number of hydrogen-bond donors (Lipinski definition) is 1. The van der Waals surface area contributed by atoms with Gasteiger partial charge in [0.05, 0.1) is 29.4 Å². The molecule has 10 aromatic carbocycles. The first-order valence-electron chi connectivity index (χ1n) is 29.2. The van der Waals surface area contributed by atoms with Crippen LogP contribution < -0.4 is 5.32 Å². The summed E-state index contributed by atoms with van der Waals surface area (Å²) in [5, 5.41) is 35.3. The molecule has 0 aliphatic heterocycles. The lowest BCUT2D eigenvalue weighted by Crippen LogP contribution is -2.38. The molecule has 3 aliphatic carbocycles. The average Bonchev–Trinajstić information content (AvgIpc) is 3.54. The van der Waals surface area contributed by atoms with Gasteiger partial charge in [-0.1, -0.05) is 280 Å². The number of likely N-dealkylation sites (N-methyl/N-ethyl adjacent to an activating group) is 1. The quantitative estimate of drug-likeness (QED) is 0.121. The van der Waals surface area contributed by atoms with Gasteiger partial charge in [-0.05, 0) is 133 Å². The number of carbonyl (C=O) groups is 1. The van der Waals surface area contributed by atoms with E-state index in [0.29, 0.717) is 11.8 Å². The maximum Gasteiger partial charge on any atom is 0.130 e. The van der Waals surface area contributed by atoms with Crippen LogP contribution in [0.4, 0.5) is 0 Å². The number of rotatable bonds is 8. The monoisotopic (exact) mass is 1110 g/mol. The summed E-state index contributed by atoms with van der Waals surface area (Å²) in [7, 11) is 2.08. The Morgan fingerprint density at radius 1 is 0.425 bits per heavy atom. The number of fused-ring (bicyclic) bond motifs is 5. The van der Waals surface area contributed by atoms with Crippen molar-refractivity contribution in [3.8, 4) is 12.1 Å². The molecular weight excluding hydrogens is 1040 g/mol. The fourth-order valence-electron chi connectivity index (χ4n) is 12.7. The van der Waals surface area contributed by atoms with Gasteiger partial charge in [0.25, 0.3) is 0 Å². The molecule has 10 aromatic rings. The van der Waals surface area contributed by atoms with Crippen LogP contribution >= 0.6 is 15.9 Å². The molecule has 5 heteroatoms. The van der Waals surface area contributed by atoms with E-state index in [1.807, 2.05) is 18.2 Å². The highest BCUT2D eigenvalue weighted by atomic mass is 79.9. The van der Waals surface area contributed by atoms with E-state index in [0.717, 1.165) is 43.1 Å². The van der Waals surface area contributed by atoms with Gasteiger partial charge >= 0.3 is 0 Å².